The maximum Gasteiger partial charge on any atom is 0.359 e. The van der Waals surface area contributed by atoms with Crippen LogP contribution in [0.25, 0.3) is 0 Å². The molecule has 5 rings (SSSR count). The summed E-state index contributed by atoms with van der Waals surface area (Å²) in [5, 5.41) is 7.96. The lowest BCUT2D eigenvalue weighted by molar-refractivity contribution is -0.349. The topological polar surface area (TPSA) is 90.9 Å². The van der Waals surface area contributed by atoms with Crippen LogP contribution in [0, 0.1) is 9.62 Å². The van der Waals surface area contributed by atoms with Crippen molar-refractivity contribution in [2.24, 2.45) is 5.92 Å². The van der Waals surface area contributed by atoms with Gasteiger partial charge in [0.05, 0.1) is 0 Å². The SMILES string of the molecule is O=C1C=CC(=O)OC2(O1)[C@H](Oc1ccc(I)nn1)C1CCN2CC1. The van der Waals surface area contributed by atoms with E-state index in [0.717, 1.165) is 28.7 Å². The molecule has 1 atom stereocenters. The smallest absolute Gasteiger partial charge is 0.359 e. The second-order valence-electron chi connectivity index (χ2n) is 5.86. The number of rotatable bonds is 2. The van der Waals surface area contributed by atoms with Crippen molar-refractivity contribution in [1.82, 2.24) is 15.1 Å². The average molecular weight is 443 g/mol. The maximum absolute atomic E-state index is 12.0. The Hall–Kier alpha value is -1.75. The summed E-state index contributed by atoms with van der Waals surface area (Å²) in [5.74, 6) is -2.41. The van der Waals surface area contributed by atoms with Crippen LogP contribution in [-0.4, -0.2) is 52.1 Å². The summed E-state index contributed by atoms with van der Waals surface area (Å²) in [6.45, 7) is 1.34. The van der Waals surface area contributed by atoms with Crippen LogP contribution in [0.1, 0.15) is 12.8 Å². The van der Waals surface area contributed by atoms with Crippen LogP contribution in [-0.2, 0) is 19.1 Å². The number of aromatic nitrogens is 2. The molecular formula is C15H14IN3O5. The fourth-order valence-electron chi connectivity index (χ4n) is 3.42. The summed E-state index contributed by atoms with van der Waals surface area (Å²) in [5.41, 5.74) is 0. The molecule has 0 aromatic carbocycles. The fourth-order valence-corrected chi connectivity index (χ4v) is 3.71. The van der Waals surface area contributed by atoms with E-state index >= 15 is 0 Å². The number of carbonyl (C=O) groups excluding carboxylic acids is 2. The van der Waals surface area contributed by atoms with E-state index in [4.69, 9.17) is 14.2 Å². The highest BCUT2D eigenvalue weighted by molar-refractivity contribution is 14.1. The van der Waals surface area contributed by atoms with Gasteiger partial charge in [0.15, 0.2) is 6.10 Å². The van der Waals surface area contributed by atoms with Gasteiger partial charge in [-0.05, 0) is 41.5 Å². The Morgan fingerprint density at radius 1 is 1.12 bits per heavy atom. The Morgan fingerprint density at radius 2 is 1.79 bits per heavy atom. The second-order valence-corrected chi connectivity index (χ2v) is 6.97. The molecule has 0 aliphatic carbocycles. The molecule has 126 valence electrons. The van der Waals surface area contributed by atoms with E-state index in [9.17, 15) is 9.59 Å². The predicted octanol–water partition coefficient (Wildman–Crippen LogP) is 0.864. The Morgan fingerprint density at radius 3 is 2.38 bits per heavy atom. The number of ether oxygens (including phenoxy) is 3. The molecule has 1 aromatic rings. The molecule has 8 nitrogen and oxygen atoms in total. The number of halogens is 1. The number of hydrogen-bond donors (Lipinski definition) is 0. The van der Waals surface area contributed by atoms with Crippen molar-refractivity contribution in [3.05, 3.63) is 28.0 Å². The molecule has 0 N–H and O–H groups in total. The van der Waals surface area contributed by atoms with E-state index in [1.54, 1.807) is 12.1 Å². The summed E-state index contributed by atoms with van der Waals surface area (Å²) in [4.78, 5) is 25.8. The molecule has 4 aliphatic heterocycles. The Kier molecular flexibility index (Phi) is 3.91. The van der Waals surface area contributed by atoms with E-state index in [0.29, 0.717) is 19.0 Å². The second kappa shape index (κ2) is 5.96. The highest BCUT2D eigenvalue weighted by Crippen LogP contribution is 2.43. The van der Waals surface area contributed by atoms with E-state index < -0.39 is 24.0 Å². The Labute approximate surface area is 151 Å². The van der Waals surface area contributed by atoms with Crippen LogP contribution in [0.15, 0.2) is 24.3 Å². The maximum atomic E-state index is 12.0. The molecule has 3 saturated heterocycles. The van der Waals surface area contributed by atoms with Gasteiger partial charge in [0.25, 0.3) is 0 Å². The molecule has 9 heteroatoms. The average Bonchev–Trinajstić information content (AvgIpc) is 2.72. The standard InChI is InChI=1S/C15H14IN3O5/c16-10-1-2-11(18-17-10)22-14-9-5-7-19(8-6-9)15(14)23-12(20)3-4-13(21)24-15/h1-4,9,14H,5-8H2/t14-/m1/s1. The number of nitrogens with zero attached hydrogens (tertiary/aromatic N) is 3. The zero-order valence-corrected chi connectivity index (χ0v) is 14.7. The molecule has 0 unspecified atom stereocenters. The van der Waals surface area contributed by atoms with Crippen LogP contribution < -0.4 is 4.74 Å². The zero-order valence-electron chi connectivity index (χ0n) is 12.6. The first kappa shape index (κ1) is 15.8. The highest BCUT2D eigenvalue weighted by atomic mass is 127. The molecule has 0 saturated carbocycles. The zero-order chi connectivity index (χ0) is 16.7. The van der Waals surface area contributed by atoms with Crippen molar-refractivity contribution in [1.29, 1.82) is 0 Å². The number of piperidine rings is 3. The summed E-state index contributed by atoms with van der Waals surface area (Å²) >= 11 is 2.05. The molecule has 5 heterocycles. The highest BCUT2D eigenvalue weighted by Gasteiger charge is 2.62. The normalized spacial score (nSPS) is 30.6. The van der Waals surface area contributed by atoms with Crippen molar-refractivity contribution in [2.75, 3.05) is 13.1 Å². The molecule has 1 aromatic heterocycles. The van der Waals surface area contributed by atoms with Crippen molar-refractivity contribution in [2.45, 2.75) is 24.9 Å². The van der Waals surface area contributed by atoms with Gasteiger partial charge in [0, 0.05) is 37.2 Å². The summed E-state index contributed by atoms with van der Waals surface area (Å²) < 4.78 is 17.8. The molecular weight excluding hydrogens is 429 g/mol. The van der Waals surface area contributed by atoms with Crippen molar-refractivity contribution >= 4 is 34.5 Å². The van der Waals surface area contributed by atoms with Crippen LogP contribution >= 0.6 is 22.6 Å². The molecule has 24 heavy (non-hydrogen) atoms. The van der Waals surface area contributed by atoms with E-state index in [2.05, 4.69) is 10.2 Å². The van der Waals surface area contributed by atoms with Gasteiger partial charge in [0.1, 0.15) is 3.70 Å². The largest absolute Gasteiger partial charge is 0.463 e. The Balaban J connectivity index is 1.70. The van der Waals surface area contributed by atoms with Crippen molar-refractivity contribution < 1.29 is 23.8 Å². The lowest BCUT2D eigenvalue weighted by Gasteiger charge is -2.54. The van der Waals surface area contributed by atoms with Gasteiger partial charge in [-0.3, -0.25) is 0 Å². The first-order valence-electron chi connectivity index (χ1n) is 7.62. The molecule has 2 bridgehead atoms. The first-order chi connectivity index (χ1) is 11.6. The number of esters is 2. The third kappa shape index (κ3) is 2.65. The minimum Gasteiger partial charge on any atom is -0.463 e. The minimum atomic E-state index is -1.55. The summed E-state index contributed by atoms with van der Waals surface area (Å²) in [6.07, 6.45) is 3.23. The molecule has 0 amide bonds. The van der Waals surface area contributed by atoms with Crippen molar-refractivity contribution in [3.63, 3.8) is 0 Å². The number of carbonyl (C=O) groups is 2. The van der Waals surface area contributed by atoms with Gasteiger partial charge in [-0.15, -0.1) is 10.2 Å². The molecule has 4 aliphatic rings. The van der Waals surface area contributed by atoms with E-state index in [1.165, 1.54) is 0 Å². The van der Waals surface area contributed by atoms with Gasteiger partial charge in [-0.25, -0.2) is 14.5 Å². The number of fused-ring (bicyclic) bond motifs is 2. The number of hydrogen-bond acceptors (Lipinski definition) is 8. The van der Waals surface area contributed by atoms with Crippen molar-refractivity contribution in [3.8, 4) is 5.88 Å². The van der Waals surface area contributed by atoms with E-state index in [1.807, 2.05) is 27.5 Å². The Bertz CT molecular complexity index is 680. The van der Waals surface area contributed by atoms with Gasteiger partial charge >= 0.3 is 17.8 Å². The van der Waals surface area contributed by atoms with Crippen LogP contribution in [0.4, 0.5) is 0 Å². The van der Waals surface area contributed by atoms with Gasteiger partial charge in [-0.2, -0.15) is 0 Å². The first-order valence-corrected chi connectivity index (χ1v) is 8.70. The van der Waals surface area contributed by atoms with Crippen LogP contribution in [0.2, 0.25) is 0 Å². The molecule has 0 radical (unpaired) electrons. The third-order valence-corrected chi connectivity index (χ3v) is 5.05. The summed E-state index contributed by atoms with van der Waals surface area (Å²) in [6, 6.07) is 3.46. The fraction of sp³-hybridized carbons (Fsp3) is 0.467. The van der Waals surface area contributed by atoms with Gasteiger partial charge in [0.2, 0.25) is 5.88 Å². The van der Waals surface area contributed by atoms with Gasteiger partial charge in [-0.1, -0.05) is 0 Å². The van der Waals surface area contributed by atoms with Crippen LogP contribution in [0.3, 0.4) is 0 Å². The minimum absolute atomic E-state index is 0.0924. The van der Waals surface area contributed by atoms with Crippen LogP contribution in [0.5, 0.6) is 5.88 Å². The lowest BCUT2D eigenvalue weighted by Crippen LogP contribution is -2.71. The summed E-state index contributed by atoms with van der Waals surface area (Å²) in [7, 11) is 0. The monoisotopic (exact) mass is 443 g/mol. The predicted molar refractivity (Wildman–Crippen MR) is 87.5 cm³/mol. The van der Waals surface area contributed by atoms with E-state index in [-0.39, 0.29) is 5.92 Å². The third-order valence-electron chi connectivity index (χ3n) is 4.47. The quantitative estimate of drug-likeness (QED) is 0.492. The molecule has 3 fully saturated rings. The lowest BCUT2D eigenvalue weighted by atomic mass is 9.82. The van der Waals surface area contributed by atoms with Gasteiger partial charge < -0.3 is 14.2 Å². The molecule has 1 spiro atoms.